The van der Waals surface area contributed by atoms with Gasteiger partial charge in [0.1, 0.15) is 5.82 Å². The van der Waals surface area contributed by atoms with Crippen LogP contribution in [0.2, 0.25) is 0 Å². The van der Waals surface area contributed by atoms with Gasteiger partial charge >= 0.3 is 0 Å². The topological polar surface area (TPSA) is 50.7 Å². The van der Waals surface area contributed by atoms with Crippen molar-refractivity contribution in [2.45, 2.75) is 0 Å². The largest absolute Gasteiger partial charge is 0.373 e. The fraction of sp³-hybridized carbons (Fsp3) is 0.0714. The highest BCUT2D eigenvalue weighted by Crippen LogP contribution is 2.24. The van der Waals surface area contributed by atoms with Crippen LogP contribution in [0.3, 0.4) is 0 Å². The van der Waals surface area contributed by atoms with E-state index in [4.69, 9.17) is 0 Å². The molecule has 1 aromatic carbocycles. The highest BCUT2D eigenvalue weighted by molar-refractivity contribution is 7.13. The molecule has 0 atom stereocenters. The molecule has 94 valence electrons. The number of rotatable bonds is 3. The van der Waals surface area contributed by atoms with Gasteiger partial charge in [0, 0.05) is 30.3 Å². The second-order valence-corrected chi connectivity index (χ2v) is 4.81. The molecule has 0 bridgehead atoms. The molecule has 19 heavy (non-hydrogen) atoms. The third kappa shape index (κ3) is 2.46. The molecule has 0 aliphatic heterocycles. The van der Waals surface area contributed by atoms with Crippen LogP contribution in [-0.4, -0.2) is 22.0 Å². The summed E-state index contributed by atoms with van der Waals surface area (Å²) in [5, 5.41) is 5.82. The van der Waals surface area contributed by atoms with Crippen molar-refractivity contribution in [1.82, 2.24) is 15.0 Å². The maximum absolute atomic E-state index is 4.59. The average molecular weight is 268 g/mol. The van der Waals surface area contributed by atoms with E-state index in [1.54, 1.807) is 6.20 Å². The molecule has 2 aromatic heterocycles. The maximum atomic E-state index is 4.59. The van der Waals surface area contributed by atoms with Crippen LogP contribution in [-0.2, 0) is 0 Å². The first kappa shape index (κ1) is 11.8. The van der Waals surface area contributed by atoms with Crippen molar-refractivity contribution in [1.29, 1.82) is 0 Å². The minimum Gasteiger partial charge on any atom is -0.373 e. The molecule has 2 heterocycles. The van der Waals surface area contributed by atoms with Gasteiger partial charge in [-0.1, -0.05) is 30.3 Å². The Balaban J connectivity index is 2.13. The van der Waals surface area contributed by atoms with E-state index in [1.165, 1.54) is 11.3 Å². The summed E-state index contributed by atoms with van der Waals surface area (Å²) in [6.07, 6.45) is 1.76. The number of hydrogen-bond acceptors (Lipinski definition) is 5. The number of anilines is 1. The van der Waals surface area contributed by atoms with Gasteiger partial charge in [-0.3, -0.25) is 0 Å². The van der Waals surface area contributed by atoms with Gasteiger partial charge in [-0.25, -0.2) is 15.0 Å². The van der Waals surface area contributed by atoms with Crippen molar-refractivity contribution in [3.05, 3.63) is 48.0 Å². The predicted molar refractivity (Wildman–Crippen MR) is 78.1 cm³/mol. The van der Waals surface area contributed by atoms with Crippen LogP contribution in [0, 0.1) is 0 Å². The third-order valence-corrected chi connectivity index (χ3v) is 3.44. The van der Waals surface area contributed by atoms with Crippen LogP contribution in [0.1, 0.15) is 0 Å². The molecule has 0 unspecified atom stereocenters. The Morgan fingerprint density at radius 3 is 2.63 bits per heavy atom. The summed E-state index contributed by atoms with van der Waals surface area (Å²) in [5.41, 5.74) is 1.96. The maximum Gasteiger partial charge on any atom is 0.191 e. The quantitative estimate of drug-likeness (QED) is 0.791. The molecule has 0 aliphatic carbocycles. The SMILES string of the molecule is CNc1cc(-c2ccccc2)nc(-c2nccs2)n1. The molecule has 3 rings (SSSR count). The summed E-state index contributed by atoms with van der Waals surface area (Å²) in [6.45, 7) is 0. The van der Waals surface area contributed by atoms with Crippen molar-refractivity contribution in [2.24, 2.45) is 0 Å². The monoisotopic (exact) mass is 268 g/mol. The summed E-state index contributed by atoms with van der Waals surface area (Å²) < 4.78 is 0. The summed E-state index contributed by atoms with van der Waals surface area (Å²) in [4.78, 5) is 13.3. The lowest BCUT2D eigenvalue weighted by molar-refractivity contribution is 1.16. The van der Waals surface area contributed by atoms with Crippen molar-refractivity contribution in [2.75, 3.05) is 12.4 Å². The van der Waals surface area contributed by atoms with E-state index in [9.17, 15) is 0 Å². The Morgan fingerprint density at radius 1 is 1.11 bits per heavy atom. The second kappa shape index (κ2) is 5.16. The number of hydrogen-bond donors (Lipinski definition) is 1. The first-order valence-electron chi connectivity index (χ1n) is 5.89. The van der Waals surface area contributed by atoms with Crippen LogP contribution in [0.5, 0.6) is 0 Å². The summed E-state index contributed by atoms with van der Waals surface area (Å²) in [7, 11) is 1.85. The number of nitrogens with one attached hydrogen (secondary N) is 1. The van der Waals surface area contributed by atoms with E-state index in [2.05, 4.69) is 20.3 Å². The van der Waals surface area contributed by atoms with Gasteiger partial charge in [0.15, 0.2) is 10.8 Å². The predicted octanol–water partition coefficient (Wildman–Crippen LogP) is 3.31. The van der Waals surface area contributed by atoms with Crippen LogP contribution in [0.25, 0.3) is 22.1 Å². The van der Waals surface area contributed by atoms with Gasteiger partial charge in [0.25, 0.3) is 0 Å². The average Bonchev–Trinajstić information content (AvgIpc) is 3.02. The van der Waals surface area contributed by atoms with Gasteiger partial charge in [0.2, 0.25) is 0 Å². The lowest BCUT2D eigenvalue weighted by Gasteiger charge is -2.06. The van der Waals surface area contributed by atoms with Crippen molar-refractivity contribution < 1.29 is 0 Å². The molecule has 0 amide bonds. The summed E-state index contributed by atoms with van der Waals surface area (Å²) >= 11 is 1.54. The Labute approximate surface area is 115 Å². The minimum absolute atomic E-state index is 0.653. The fourth-order valence-electron chi connectivity index (χ4n) is 1.76. The number of aromatic nitrogens is 3. The van der Waals surface area contributed by atoms with Gasteiger partial charge in [0.05, 0.1) is 5.69 Å². The highest BCUT2D eigenvalue weighted by Gasteiger charge is 2.09. The molecule has 0 aliphatic rings. The summed E-state index contributed by atoms with van der Waals surface area (Å²) in [6, 6.07) is 12.0. The highest BCUT2D eigenvalue weighted by atomic mass is 32.1. The smallest absolute Gasteiger partial charge is 0.191 e. The van der Waals surface area contributed by atoms with Gasteiger partial charge in [-0.2, -0.15) is 0 Å². The van der Waals surface area contributed by atoms with E-state index in [0.717, 1.165) is 22.1 Å². The van der Waals surface area contributed by atoms with Crippen molar-refractivity contribution in [3.63, 3.8) is 0 Å². The lowest BCUT2D eigenvalue weighted by atomic mass is 10.1. The van der Waals surface area contributed by atoms with Gasteiger partial charge < -0.3 is 5.32 Å². The van der Waals surface area contributed by atoms with E-state index in [1.807, 2.05) is 48.8 Å². The molecular formula is C14H12N4S. The number of thiazole rings is 1. The zero-order valence-electron chi connectivity index (χ0n) is 10.4. The molecule has 0 saturated carbocycles. The minimum atomic E-state index is 0.653. The van der Waals surface area contributed by atoms with E-state index in [-0.39, 0.29) is 0 Å². The third-order valence-electron chi connectivity index (χ3n) is 2.68. The second-order valence-electron chi connectivity index (χ2n) is 3.92. The van der Waals surface area contributed by atoms with Crippen molar-refractivity contribution in [3.8, 4) is 22.1 Å². The van der Waals surface area contributed by atoms with Crippen molar-refractivity contribution >= 4 is 17.2 Å². The van der Waals surface area contributed by atoms with Crippen LogP contribution in [0.4, 0.5) is 5.82 Å². The van der Waals surface area contributed by atoms with Crippen LogP contribution >= 0.6 is 11.3 Å². The van der Waals surface area contributed by atoms with E-state index in [0.29, 0.717) is 5.82 Å². The molecule has 1 N–H and O–H groups in total. The number of nitrogens with zero attached hydrogens (tertiary/aromatic N) is 3. The Morgan fingerprint density at radius 2 is 1.95 bits per heavy atom. The molecular weight excluding hydrogens is 256 g/mol. The van der Waals surface area contributed by atoms with Gasteiger partial charge in [-0.15, -0.1) is 11.3 Å². The molecule has 0 saturated heterocycles. The fourth-order valence-corrected chi connectivity index (χ4v) is 2.33. The van der Waals surface area contributed by atoms with Gasteiger partial charge in [-0.05, 0) is 0 Å². The Bertz CT molecular complexity index is 665. The molecule has 5 heteroatoms. The number of benzene rings is 1. The first-order valence-corrected chi connectivity index (χ1v) is 6.77. The normalized spacial score (nSPS) is 10.4. The summed E-state index contributed by atoms with van der Waals surface area (Å²) in [5.74, 6) is 1.44. The zero-order valence-corrected chi connectivity index (χ0v) is 11.2. The molecule has 0 radical (unpaired) electrons. The first-order chi connectivity index (χ1) is 9.36. The molecule has 0 fully saturated rings. The molecule has 3 aromatic rings. The molecule has 4 nitrogen and oxygen atoms in total. The Kier molecular flexibility index (Phi) is 3.20. The lowest BCUT2D eigenvalue weighted by Crippen LogP contribution is -1.98. The van der Waals surface area contributed by atoms with E-state index >= 15 is 0 Å². The zero-order chi connectivity index (χ0) is 13.1. The van der Waals surface area contributed by atoms with Crippen LogP contribution < -0.4 is 5.32 Å². The van der Waals surface area contributed by atoms with Crippen LogP contribution in [0.15, 0.2) is 48.0 Å². The standard InChI is InChI=1S/C14H12N4S/c1-15-12-9-11(10-5-3-2-4-6-10)17-13(18-12)14-16-7-8-19-14/h2-9H,1H3,(H,15,17,18). The molecule has 0 spiro atoms. The Hall–Kier alpha value is -2.27. The van der Waals surface area contributed by atoms with E-state index < -0.39 is 0 Å².